The van der Waals surface area contributed by atoms with Crippen molar-refractivity contribution in [1.29, 1.82) is 5.41 Å². The minimum atomic E-state index is -0.659. The molecule has 0 saturated carbocycles. The lowest BCUT2D eigenvalue weighted by molar-refractivity contribution is -0.144. The van der Waals surface area contributed by atoms with E-state index in [2.05, 4.69) is 12.2 Å². The van der Waals surface area contributed by atoms with Crippen LogP contribution in [-0.4, -0.2) is 42.2 Å². The maximum atomic E-state index is 11.0. The molecule has 0 aromatic rings. The maximum absolute atomic E-state index is 11.0. The SMILES string of the molecule is CCCCCCCCCCCC(=O)O.CCOC(=O)C(N)CCCNC(=N)N. The number of carboxylic acids is 1. The largest absolute Gasteiger partial charge is 0.481 e. The first kappa shape index (κ1) is 28.4. The molecule has 0 rings (SSSR count). The quantitative estimate of drug-likeness (QED) is 0.115. The van der Waals surface area contributed by atoms with Crippen LogP contribution >= 0.6 is 0 Å². The van der Waals surface area contributed by atoms with Gasteiger partial charge in [-0.2, -0.15) is 0 Å². The number of nitrogens with two attached hydrogens (primary N) is 2. The van der Waals surface area contributed by atoms with E-state index >= 15 is 0 Å². The molecule has 0 aliphatic carbocycles. The van der Waals surface area contributed by atoms with Crippen LogP contribution in [0.3, 0.4) is 0 Å². The highest BCUT2D eigenvalue weighted by Crippen LogP contribution is 2.10. The van der Waals surface area contributed by atoms with Crippen molar-refractivity contribution in [1.82, 2.24) is 5.32 Å². The lowest BCUT2D eigenvalue weighted by atomic mass is 10.1. The lowest BCUT2D eigenvalue weighted by Crippen LogP contribution is -2.35. The summed E-state index contributed by atoms with van der Waals surface area (Å²) in [6.45, 7) is 4.86. The van der Waals surface area contributed by atoms with Crippen molar-refractivity contribution in [2.45, 2.75) is 96.9 Å². The predicted octanol–water partition coefficient (Wildman–Crippen LogP) is 3.13. The molecule has 8 heteroatoms. The van der Waals surface area contributed by atoms with E-state index in [4.69, 9.17) is 26.7 Å². The van der Waals surface area contributed by atoms with Crippen molar-refractivity contribution in [2.24, 2.45) is 11.5 Å². The Morgan fingerprint density at radius 1 is 1.00 bits per heavy atom. The molecule has 1 unspecified atom stereocenters. The van der Waals surface area contributed by atoms with Gasteiger partial charge in [-0.1, -0.05) is 58.3 Å². The number of unbranched alkanes of at least 4 members (excludes halogenated alkanes) is 8. The third kappa shape index (κ3) is 24.2. The molecule has 166 valence electrons. The van der Waals surface area contributed by atoms with Gasteiger partial charge in [0, 0.05) is 13.0 Å². The zero-order chi connectivity index (χ0) is 21.6. The van der Waals surface area contributed by atoms with Crippen LogP contribution in [0.4, 0.5) is 0 Å². The molecule has 8 nitrogen and oxygen atoms in total. The molecule has 0 aliphatic rings. The van der Waals surface area contributed by atoms with Crippen LogP contribution < -0.4 is 16.8 Å². The fourth-order valence-corrected chi connectivity index (χ4v) is 2.50. The summed E-state index contributed by atoms with van der Waals surface area (Å²) in [7, 11) is 0. The molecule has 0 aliphatic heterocycles. The molecule has 0 bridgehead atoms. The molecule has 0 aromatic heterocycles. The van der Waals surface area contributed by atoms with Gasteiger partial charge in [0.2, 0.25) is 0 Å². The topological polar surface area (TPSA) is 152 Å². The summed E-state index contributed by atoms with van der Waals surface area (Å²) >= 11 is 0. The molecule has 0 spiro atoms. The second-order valence-electron chi connectivity index (χ2n) is 6.81. The molecule has 0 heterocycles. The van der Waals surface area contributed by atoms with E-state index in [1.165, 1.54) is 44.9 Å². The highest BCUT2D eigenvalue weighted by atomic mass is 16.5. The van der Waals surface area contributed by atoms with Crippen LogP contribution in [0.15, 0.2) is 0 Å². The second kappa shape index (κ2) is 21.5. The summed E-state index contributed by atoms with van der Waals surface area (Å²) in [5.74, 6) is -1.11. The van der Waals surface area contributed by atoms with E-state index in [-0.39, 0.29) is 11.9 Å². The number of carbonyl (C=O) groups excluding carboxylic acids is 1. The number of nitrogens with one attached hydrogen (secondary N) is 2. The van der Waals surface area contributed by atoms with Gasteiger partial charge >= 0.3 is 11.9 Å². The van der Waals surface area contributed by atoms with Gasteiger partial charge < -0.3 is 26.6 Å². The Morgan fingerprint density at radius 3 is 2.00 bits per heavy atom. The summed E-state index contributed by atoms with van der Waals surface area (Å²) < 4.78 is 4.73. The number of carbonyl (C=O) groups is 2. The number of esters is 1. The Labute approximate surface area is 170 Å². The minimum Gasteiger partial charge on any atom is -0.481 e. The number of guanidine groups is 1. The monoisotopic (exact) mass is 402 g/mol. The van der Waals surface area contributed by atoms with Gasteiger partial charge in [0.1, 0.15) is 6.04 Å². The highest BCUT2D eigenvalue weighted by molar-refractivity contribution is 5.75. The predicted molar refractivity (Wildman–Crippen MR) is 113 cm³/mol. The van der Waals surface area contributed by atoms with E-state index in [0.717, 1.165) is 12.8 Å². The van der Waals surface area contributed by atoms with E-state index < -0.39 is 12.0 Å². The molecule has 1 atom stereocenters. The van der Waals surface area contributed by atoms with Crippen molar-refractivity contribution in [3.63, 3.8) is 0 Å². The van der Waals surface area contributed by atoms with Gasteiger partial charge in [-0.15, -0.1) is 0 Å². The third-order valence-corrected chi connectivity index (χ3v) is 4.09. The first-order valence-corrected chi connectivity index (χ1v) is 10.6. The average Bonchev–Trinajstić information content (AvgIpc) is 2.64. The Morgan fingerprint density at radius 2 is 1.54 bits per heavy atom. The van der Waals surface area contributed by atoms with Crippen molar-refractivity contribution < 1.29 is 19.4 Å². The van der Waals surface area contributed by atoms with Crippen LogP contribution in [0.2, 0.25) is 0 Å². The average molecular weight is 403 g/mol. The van der Waals surface area contributed by atoms with Gasteiger partial charge in [0.15, 0.2) is 5.96 Å². The van der Waals surface area contributed by atoms with Crippen molar-refractivity contribution in [3.05, 3.63) is 0 Å². The molecule has 7 N–H and O–H groups in total. The first-order valence-electron chi connectivity index (χ1n) is 10.6. The van der Waals surface area contributed by atoms with Gasteiger partial charge in [0.25, 0.3) is 0 Å². The van der Waals surface area contributed by atoms with Crippen LogP contribution in [0.25, 0.3) is 0 Å². The lowest BCUT2D eigenvalue weighted by Gasteiger charge is -2.10. The minimum absolute atomic E-state index is 0.0743. The number of hydrogen-bond acceptors (Lipinski definition) is 5. The highest BCUT2D eigenvalue weighted by Gasteiger charge is 2.13. The van der Waals surface area contributed by atoms with Crippen molar-refractivity contribution in [3.8, 4) is 0 Å². The van der Waals surface area contributed by atoms with Crippen molar-refractivity contribution in [2.75, 3.05) is 13.2 Å². The van der Waals surface area contributed by atoms with Crippen LogP contribution in [0, 0.1) is 5.41 Å². The number of carboxylic acid groups (broad SMARTS) is 1. The fraction of sp³-hybridized carbons (Fsp3) is 0.850. The third-order valence-electron chi connectivity index (χ3n) is 4.09. The zero-order valence-electron chi connectivity index (χ0n) is 17.8. The number of rotatable bonds is 16. The summed E-state index contributed by atoms with van der Waals surface area (Å²) in [5, 5.41) is 17.9. The fourth-order valence-electron chi connectivity index (χ4n) is 2.50. The summed E-state index contributed by atoms with van der Waals surface area (Å²) in [4.78, 5) is 21.2. The molecule has 0 radical (unpaired) electrons. The van der Waals surface area contributed by atoms with Gasteiger partial charge in [-0.05, 0) is 26.2 Å². The summed E-state index contributed by atoms with van der Waals surface area (Å²) in [6, 6.07) is -0.580. The molecule has 0 amide bonds. The molecule has 28 heavy (non-hydrogen) atoms. The molecular formula is C20H42N4O4. The van der Waals surface area contributed by atoms with Gasteiger partial charge in [-0.3, -0.25) is 15.0 Å². The zero-order valence-corrected chi connectivity index (χ0v) is 17.8. The molecule has 0 fully saturated rings. The van der Waals surface area contributed by atoms with E-state index in [1.54, 1.807) is 6.92 Å². The summed E-state index contributed by atoms with van der Waals surface area (Å²) in [6.07, 6.45) is 12.7. The van der Waals surface area contributed by atoms with Crippen LogP contribution in [-0.2, 0) is 14.3 Å². The molecular weight excluding hydrogens is 360 g/mol. The smallest absolute Gasteiger partial charge is 0.322 e. The molecule has 0 saturated heterocycles. The van der Waals surface area contributed by atoms with E-state index in [0.29, 0.717) is 32.4 Å². The van der Waals surface area contributed by atoms with Gasteiger partial charge in [0.05, 0.1) is 6.61 Å². The normalized spacial score (nSPS) is 11.1. The van der Waals surface area contributed by atoms with Crippen LogP contribution in [0.1, 0.15) is 90.9 Å². The Bertz CT molecular complexity index is 406. The Hall–Kier alpha value is -1.83. The summed E-state index contributed by atoms with van der Waals surface area (Å²) in [5.41, 5.74) is 10.6. The Kier molecular flexibility index (Phi) is 21.8. The number of ether oxygens (including phenoxy) is 1. The number of hydrogen-bond donors (Lipinski definition) is 5. The first-order chi connectivity index (χ1) is 13.3. The standard InChI is InChI=1S/C12H24O2.C8H18N4O2/c1-2-3-4-5-6-7-8-9-10-11-12(13)14;1-2-14-7(13)6(9)4-3-5-12-8(10)11/h2-11H2,1H3,(H,13,14);6H,2-5,9H2,1H3,(H4,10,11,12). The molecule has 0 aromatic carbocycles. The van der Waals surface area contributed by atoms with Crippen molar-refractivity contribution >= 4 is 17.9 Å². The second-order valence-corrected chi connectivity index (χ2v) is 6.81. The van der Waals surface area contributed by atoms with Crippen LogP contribution in [0.5, 0.6) is 0 Å². The van der Waals surface area contributed by atoms with Gasteiger partial charge in [-0.25, -0.2) is 0 Å². The Balaban J connectivity index is 0. The number of aliphatic carboxylic acids is 1. The van der Waals surface area contributed by atoms with E-state index in [9.17, 15) is 9.59 Å². The maximum Gasteiger partial charge on any atom is 0.322 e. The van der Waals surface area contributed by atoms with E-state index in [1.807, 2.05) is 0 Å².